The van der Waals surface area contributed by atoms with Gasteiger partial charge in [0.15, 0.2) is 0 Å². The second kappa shape index (κ2) is 6.86. The second-order valence-electron chi connectivity index (χ2n) is 5.47. The molecule has 128 valence electrons. The molecule has 25 heavy (non-hydrogen) atoms. The number of hydrogen-bond donors (Lipinski definition) is 1. The van der Waals surface area contributed by atoms with E-state index < -0.39 is 23.4 Å². The molecule has 0 bridgehead atoms. The molecular formula is C18H12Cl2FNO3. The van der Waals surface area contributed by atoms with E-state index in [4.69, 9.17) is 27.6 Å². The van der Waals surface area contributed by atoms with Crippen LogP contribution in [0.1, 0.15) is 28.9 Å². The highest BCUT2D eigenvalue weighted by molar-refractivity contribution is 6.35. The van der Waals surface area contributed by atoms with Crippen molar-refractivity contribution in [1.29, 1.82) is 0 Å². The minimum Gasteiger partial charge on any atom is -0.422 e. The number of nitrogens with one attached hydrogen (secondary N) is 1. The third-order valence-corrected chi connectivity index (χ3v) is 4.36. The summed E-state index contributed by atoms with van der Waals surface area (Å²) in [7, 11) is 0. The summed E-state index contributed by atoms with van der Waals surface area (Å²) in [6, 6.07) is 10.1. The first-order valence-electron chi connectivity index (χ1n) is 7.35. The normalized spacial score (nSPS) is 12.2. The number of amides is 1. The maximum absolute atomic E-state index is 13.7. The standard InChI is InChI=1S/C18H12Cl2FNO3/c1-9(11-7-15(21)14(20)8-13(11)19)22-17(23)12-6-10-4-2-3-5-16(10)25-18(12)24/h2-9H,1H3,(H,22,23). The zero-order valence-corrected chi connectivity index (χ0v) is 14.5. The Hall–Kier alpha value is -2.37. The summed E-state index contributed by atoms with van der Waals surface area (Å²) in [5.41, 5.74) is -0.157. The summed E-state index contributed by atoms with van der Waals surface area (Å²) in [5.74, 6) is -1.29. The fourth-order valence-corrected chi connectivity index (χ4v) is 2.99. The number of fused-ring (bicyclic) bond motifs is 1. The van der Waals surface area contributed by atoms with Crippen LogP contribution in [0.3, 0.4) is 0 Å². The molecule has 0 radical (unpaired) electrons. The van der Waals surface area contributed by atoms with Crippen LogP contribution in [0, 0.1) is 5.82 Å². The maximum Gasteiger partial charge on any atom is 0.349 e. The summed E-state index contributed by atoms with van der Waals surface area (Å²) >= 11 is 11.7. The first-order chi connectivity index (χ1) is 11.9. The molecule has 1 atom stereocenters. The molecule has 2 aromatic carbocycles. The van der Waals surface area contributed by atoms with Crippen LogP contribution in [0.15, 0.2) is 51.7 Å². The van der Waals surface area contributed by atoms with Gasteiger partial charge in [0, 0.05) is 10.4 Å². The van der Waals surface area contributed by atoms with Crippen molar-refractivity contribution in [2.75, 3.05) is 0 Å². The van der Waals surface area contributed by atoms with Gasteiger partial charge in [-0.3, -0.25) is 4.79 Å². The van der Waals surface area contributed by atoms with Crippen molar-refractivity contribution in [2.24, 2.45) is 0 Å². The van der Waals surface area contributed by atoms with Crippen LogP contribution >= 0.6 is 23.2 Å². The highest BCUT2D eigenvalue weighted by Gasteiger charge is 2.19. The largest absolute Gasteiger partial charge is 0.422 e. The highest BCUT2D eigenvalue weighted by atomic mass is 35.5. The van der Waals surface area contributed by atoms with Crippen LogP contribution < -0.4 is 10.9 Å². The van der Waals surface area contributed by atoms with Crippen LogP contribution in [0.25, 0.3) is 11.0 Å². The third kappa shape index (κ3) is 3.52. The highest BCUT2D eigenvalue weighted by Crippen LogP contribution is 2.28. The number of rotatable bonds is 3. The average Bonchev–Trinajstić information content (AvgIpc) is 2.57. The third-order valence-electron chi connectivity index (χ3n) is 3.74. The van der Waals surface area contributed by atoms with Gasteiger partial charge in [0.05, 0.1) is 11.1 Å². The van der Waals surface area contributed by atoms with Crippen molar-refractivity contribution < 1.29 is 13.6 Å². The van der Waals surface area contributed by atoms with Gasteiger partial charge in [-0.15, -0.1) is 0 Å². The molecule has 7 heteroatoms. The van der Waals surface area contributed by atoms with Crippen molar-refractivity contribution >= 4 is 40.1 Å². The molecule has 3 rings (SSSR count). The van der Waals surface area contributed by atoms with Crippen LogP contribution in [-0.4, -0.2) is 5.91 Å². The van der Waals surface area contributed by atoms with Gasteiger partial charge in [0.1, 0.15) is 17.0 Å². The van der Waals surface area contributed by atoms with Gasteiger partial charge in [-0.2, -0.15) is 0 Å². The quantitative estimate of drug-likeness (QED) is 0.528. The van der Waals surface area contributed by atoms with Crippen molar-refractivity contribution in [1.82, 2.24) is 5.32 Å². The Balaban J connectivity index is 1.91. The molecule has 0 saturated heterocycles. The number of halogens is 3. The Bertz CT molecular complexity index is 1030. The molecule has 0 aliphatic rings. The van der Waals surface area contributed by atoms with E-state index >= 15 is 0 Å². The Labute approximate surface area is 152 Å². The summed E-state index contributed by atoms with van der Waals surface area (Å²) < 4.78 is 18.8. The monoisotopic (exact) mass is 379 g/mol. The second-order valence-corrected chi connectivity index (χ2v) is 6.28. The van der Waals surface area contributed by atoms with E-state index in [0.717, 1.165) is 6.07 Å². The molecule has 1 heterocycles. The lowest BCUT2D eigenvalue weighted by Gasteiger charge is -2.16. The first kappa shape index (κ1) is 17.5. The SMILES string of the molecule is CC(NC(=O)c1cc2ccccc2oc1=O)c1cc(F)c(Cl)cc1Cl. The minimum atomic E-state index is -0.753. The summed E-state index contributed by atoms with van der Waals surface area (Å²) in [6.07, 6.45) is 0. The molecule has 0 aliphatic heterocycles. The zero-order valence-electron chi connectivity index (χ0n) is 13.0. The summed E-state index contributed by atoms with van der Waals surface area (Å²) in [6.45, 7) is 1.62. The van der Waals surface area contributed by atoms with Gasteiger partial charge in [0.2, 0.25) is 0 Å². The number of benzene rings is 2. The minimum absolute atomic E-state index is 0.109. The van der Waals surface area contributed by atoms with Gasteiger partial charge in [0.25, 0.3) is 5.91 Å². The number of para-hydroxylation sites is 1. The fraction of sp³-hybridized carbons (Fsp3) is 0.111. The van der Waals surface area contributed by atoms with E-state index in [1.807, 2.05) is 0 Å². The van der Waals surface area contributed by atoms with Crippen LogP contribution in [-0.2, 0) is 0 Å². The van der Waals surface area contributed by atoms with Gasteiger partial charge in [-0.05, 0) is 36.8 Å². The van der Waals surface area contributed by atoms with Crippen molar-refractivity contribution in [2.45, 2.75) is 13.0 Å². The molecule has 0 aliphatic carbocycles. The maximum atomic E-state index is 13.7. The van der Waals surface area contributed by atoms with E-state index in [-0.39, 0.29) is 15.6 Å². The number of hydrogen-bond acceptors (Lipinski definition) is 3. The van der Waals surface area contributed by atoms with Crippen LogP contribution in [0.5, 0.6) is 0 Å². The zero-order chi connectivity index (χ0) is 18.1. The van der Waals surface area contributed by atoms with Crippen molar-refractivity contribution in [3.63, 3.8) is 0 Å². The number of carbonyl (C=O) groups is 1. The molecule has 3 aromatic rings. The molecule has 0 spiro atoms. The Morgan fingerprint density at radius 2 is 1.88 bits per heavy atom. The molecule has 1 N–H and O–H groups in total. The average molecular weight is 380 g/mol. The first-order valence-corrected chi connectivity index (χ1v) is 8.10. The predicted octanol–water partition coefficient (Wildman–Crippen LogP) is 4.73. The molecule has 4 nitrogen and oxygen atoms in total. The molecule has 1 amide bonds. The van der Waals surface area contributed by atoms with E-state index in [1.54, 1.807) is 31.2 Å². The van der Waals surface area contributed by atoms with Crippen molar-refractivity contribution in [3.8, 4) is 0 Å². The van der Waals surface area contributed by atoms with Gasteiger partial charge >= 0.3 is 5.63 Å². The summed E-state index contributed by atoms with van der Waals surface area (Å²) in [4.78, 5) is 24.4. The lowest BCUT2D eigenvalue weighted by molar-refractivity contribution is 0.0936. The molecule has 1 aromatic heterocycles. The van der Waals surface area contributed by atoms with Gasteiger partial charge in [-0.1, -0.05) is 41.4 Å². The molecule has 0 saturated carbocycles. The lowest BCUT2D eigenvalue weighted by Crippen LogP contribution is -2.30. The Kier molecular flexibility index (Phi) is 4.79. The van der Waals surface area contributed by atoms with Crippen molar-refractivity contribution in [3.05, 3.63) is 79.9 Å². The van der Waals surface area contributed by atoms with E-state index in [9.17, 15) is 14.0 Å². The van der Waals surface area contributed by atoms with Crippen LogP contribution in [0.4, 0.5) is 4.39 Å². The smallest absolute Gasteiger partial charge is 0.349 e. The number of carbonyl (C=O) groups excluding carboxylic acids is 1. The molecule has 1 unspecified atom stereocenters. The van der Waals surface area contributed by atoms with Gasteiger partial charge < -0.3 is 9.73 Å². The molecular weight excluding hydrogens is 368 g/mol. The fourth-order valence-electron chi connectivity index (χ4n) is 2.44. The Morgan fingerprint density at radius 1 is 1.16 bits per heavy atom. The summed E-state index contributed by atoms with van der Waals surface area (Å²) in [5, 5.41) is 3.34. The van der Waals surface area contributed by atoms with E-state index in [2.05, 4.69) is 5.32 Å². The van der Waals surface area contributed by atoms with E-state index in [0.29, 0.717) is 16.5 Å². The predicted molar refractivity (Wildman–Crippen MR) is 94.8 cm³/mol. The van der Waals surface area contributed by atoms with Gasteiger partial charge in [-0.25, -0.2) is 9.18 Å². The molecule has 0 fully saturated rings. The van der Waals surface area contributed by atoms with Crippen LogP contribution in [0.2, 0.25) is 10.0 Å². The lowest BCUT2D eigenvalue weighted by atomic mass is 10.1. The van der Waals surface area contributed by atoms with E-state index in [1.165, 1.54) is 12.1 Å². The Morgan fingerprint density at radius 3 is 2.64 bits per heavy atom. The topological polar surface area (TPSA) is 59.3 Å².